The first-order valence-electron chi connectivity index (χ1n) is 6.74. The molecule has 0 fully saturated rings. The van der Waals surface area contributed by atoms with Crippen LogP contribution in [0.2, 0.25) is 5.02 Å². The first-order chi connectivity index (χ1) is 11.0. The van der Waals surface area contributed by atoms with Crippen molar-refractivity contribution in [3.05, 3.63) is 59.4 Å². The Hall–Kier alpha value is -2.60. The topological polar surface area (TPSA) is 67.4 Å². The Morgan fingerprint density at radius 3 is 2.52 bits per heavy atom. The summed E-state index contributed by atoms with van der Waals surface area (Å²) >= 11 is 5.61. The molecule has 2 rings (SSSR count). The summed E-state index contributed by atoms with van der Waals surface area (Å²) in [6.07, 6.45) is 0. The zero-order valence-corrected chi connectivity index (χ0v) is 12.8. The molecule has 0 aliphatic rings. The van der Waals surface area contributed by atoms with Gasteiger partial charge in [-0.3, -0.25) is 9.59 Å². The van der Waals surface area contributed by atoms with Crippen molar-refractivity contribution < 1.29 is 18.7 Å². The van der Waals surface area contributed by atoms with Crippen LogP contribution in [0.1, 0.15) is 0 Å². The van der Waals surface area contributed by atoms with E-state index < -0.39 is 17.6 Å². The quantitative estimate of drug-likeness (QED) is 0.852. The molecular weight excluding hydrogens is 323 g/mol. The number of carbonyl (C=O) groups is 2. The van der Waals surface area contributed by atoms with Crippen LogP contribution in [-0.2, 0) is 9.59 Å². The second kappa shape index (κ2) is 8.14. The third-order valence-electron chi connectivity index (χ3n) is 2.76. The molecule has 23 heavy (non-hydrogen) atoms. The highest BCUT2D eigenvalue weighted by atomic mass is 35.5. The Morgan fingerprint density at radius 2 is 1.83 bits per heavy atom. The largest absolute Gasteiger partial charge is 0.484 e. The molecule has 0 saturated heterocycles. The van der Waals surface area contributed by atoms with Crippen molar-refractivity contribution in [3.8, 4) is 5.75 Å². The van der Waals surface area contributed by atoms with Gasteiger partial charge in [-0.1, -0.05) is 29.8 Å². The van der Waals surface area contributed by atoms with E-state index in [4.69, 9.17) is 16.3 Å². The molecule has 0 aliphatic heterocycles. The number of rotatable bonds is 6. The van der Waals surface area contributed by atoms with E-state index in [1.54, 1.807) is 24.3 Å². The smallest absolute Gasteiger partial charge is 0.258 e. The van der Waals surface area contributed by atoms with Crippen LogP contribution in [0.4, 0.5) is 10.1 Å². The van der Waals surface area contributed by atoms with Gasteiger partial charge in [0, 0.05) is 5.69 Å². The van der Waals surface area contributed by atoms with Crippen molar-refractivity contribution in [3.63, 3.8) is 0 Å². The molecule has 2 aromatic carbocycles. The highest BCUT2D eigenvalue weighted by Gasteiger charge is 2.08. The third kappa shape index (κ3) is 5.60. The molecule has 0 heterocycles. The van der Waals surface area contributed by atoms with Crippen molar-refractivity contribution >= 4 is 29.1 Å². The molecule has 0 unspecified atom stereocenters. The molecule has 5 nitrogen and oxygen atoms in total. The summed E-state index contributed by atoms with van der Waals surface area (Å²) in [5.41, 5.74) is 0.344. The molecule has 0 saturated carbocycles. The van der Waals surface area contributed by atoms with Crippen LogP contribution in [0, 0.1) is 5.82 Å². The van der Waals surface area contributed by atoms with Gasteiger partial charge in [-0.05, 0) is 30.3 Å². The minimum absolute atomic E-state index is 0.0944. The molecule has 0 bridgehead atoms. The molecule has 0 aromatic heterocycles. The number of ether oxygens (including phenoxy) is 1. The lowest BCUT2D eigenvalue weighted by Crippen LogP contribution is -2.35. The molecule has 0 aliphatic carbocycles. The monoisotopic (exact) mass is 336 g/mol. The molecule has 0 atom stereocenters. The average molecular weight is 337 g/mol. The Kier molecular flexibility index (Phi) is 5.94. The van der Waals surface area contributed by atoms with Crippen LogP contribution >= 0.6 is 11.6 Å². The van der Waals surface area contributed by atoms with Crippen molar-refractivity contribution in [2.45, 2.75) is 0 Å². The van der Waals surface area contributed by atoms with Gasteiger partial charge in [0.25, 0.3) is 5.91 Å². The van der Waals surface area contributed by atoms with Gasteiger partial charge in [-0.25, -0.2) is 4.39 Å². The maximum atomic E-state index is 13.0. The second-order valence-electron chi connectivity index (χ2n) is 4.56. The number of hydrogen-bond donors (Lipinski definition) is 2. The molecule has 2 amide bonds. The van der Waals surface area contributed by atoms with Gasteiger partial charge in [0.1, 0.15) is 11.6 Å². The van der Waals surface area contributed by atoms with Crippen LogP contribution in [0.3, 0.4) is 0 Å². The Balaban J connectivity index is 1.73. The van der Waals surface area contributed by atoms with E-state index in [-0.39, 0.29) is 18.2 Å². The normalized spacial score (nSPS) is 10.0. The molecule has 0 radical (unpaired) electrons. The third-order valence-corrected chi connectivity index (χ3v) is 3.05. The number of halogens is 2. The first-order valence-corrected chi connectivity index (χ1v) is 7.12. The molecule has 0 spiro atoms. The molecule has 120 valence electrons. The lowest BCUT2D eigenvalue weighted by molar-refractivity contribution is -0.125. The van der Waals surface area contributed by atoms with E-state index in [2.05, 4.69) is 10.6 Å². The predicted molar refractivity (Wildman–Crippen MR) is 85.0 cm³/mol. The van der Waals surface area contributed by atoms with Gasteiger partial charge < -0.3 is 15.4 Å². The minimum atomic E-state index is -0.573. The zero-order chi connectivity index (χ0) is 16.7. The van der Waals surface area contributed by atoms with Gasteiger partial charge in [0.2, 0.25) is 5.91 Å². The van der Waals surface area contributed by atoms with Crippen molar-refractivity contribution in [1.82, 2.24) is 5.32 Å². The maximum absolute atomic E-state index is 13.0. The molecule has 2 aromatic rings. The van der Waals surface area contributed by atoms with Crippen LogP contribution < -0.4 is 15.4 Å². The van der Waals surface area contributed by atoms with Gasteiger partial charge in [0.05, 0.1) is 11.6 Å². The van der Waals surface area contributed by atoms with Crippen LogP contribution in [0.5, 0.6) is 5.75 Å². The fourth-order valence-corrected chi connectivity index (χ4v) is 1.86. The summed E-state index contributed by atoms with van der Waals surface area (Å²) in [5.74, 6) is -0.897. The number of carbonyl (C=O) groups excluding carboxylic acids is 2. The van der Waals surface area contributed by atoms with E-state index in [9.17, 15) is 14.0 Å². The number of hydrogen-bond acceptors (Lipinski definition) is 3. The summed E-state index contributed by atoms with van der Waals surface area (Å²) in [7, 11) is 0. The molecule has 2 N–H and O–H groups in total. The standard InChI is InChI=1S/C16H14ClFN2O3/c17-13-8-11(6-7-14(13)18)20-15(21)9-19-16(22)10-23-12-4-2-1-3-5-12/h1-8H,9-10H2,(H,19,22)(H,20,21). The first kappa shape index (κ1) is 16.8. The van der Waals surface area contributed by atoms with Crippen molar-refractivity contribution in [2.75, 3.05) is 18.5 Å². The zero-order valence-electron chi connectivity index (χ0n) is 12.0. The summed E-state index contributed by atoms with van der Waals surface area (Å²) in [5, 5.41) is 4.82. The number of benzene rings is 2. The number of nitrogens with one attached hydrogen (secondary N) is 2. The van der Waals surface area contributed by atoms with Gasteiger partial charge >= 0.3 is 0 Å². The van der Waals surface area contributed by atoms with Crippen LogP contribution in [-0.4, -0.2) is 25.0 Å². The highest BCUT2D eigenvalue weighted by Crippen LogP contribution is 2.19. The van der Waals surface area contributed by atoms with E-state index in [0.29, 0.717) is 11.4 Å². The average Bonchev–Trinajstić information content (AvgIpc) is 2.55. The Morgan fingerprint density at radius 1 is 1.09 bits per heavy atom. The maximum Gasteiger partial charge on any atom is 0.258 e. The summed E-state index contributed by atoms with van der Waals surface area (Å²) in [6, 6.07) is 12.7. The van der Waals surface area contributed by atoms with Crippen LogP contribution in [0.15, 0.2) is 48.5 Å². The summed E-state index contributed by atoms with van der Waals surface area (Å²) in [6.45, 7) is -0.425. The molecular formula is C16H14ClFN2O3. The van der Waals surface area contributed by atoms with Gasteiger partial charge in [-0.15, -0.1) is 0 Å². The number of anilines is 1. The van der Waals surface area contributed by atoms with E-state index in [1.807, 2.05) is 6.07 Å². The van der Waals surface area contributed by atoms with E-state index in [0.717, 1.165) is 6.07 Å². The van der Waals surface area contributed by atoms with Crippen molar-refractivity contribution in [1.29, 1.82) is 0 Å². The number of para-hydroxylation sites is 1. The van der Waals surface area contributed by atoms with E-state index in [1.165, 1.54) is 12.1 Å². The summed E-state index contributed by atoms with van der Waals surface area (Å²) < 4.78 is 18.2. The number of amides is 2. The predicted octanol–water partition coefficient (Wildman–Crippen LogP) is 2.61. The van der Waals surface area contributed by atoms with Crippen LogP contribution in [0.25, 0.3) is 0 Å². The van der Waals surface area contributed by atoms with E-state index >= 15 is 0 Å². The lowest BCUT2D eigenvalue weighted by Gasteiger charge is -2.08. The SMILES string of the molecule is O=C(COc1ccccc1)NCC(=O)Nc1ccc(F)c(Cl)c1. The van der Waals surface area contributed by atoms with Crippen molar-refractivity contribution in [2.24, 2.45) is 0 Å². The van der Waals surface area contributed by atoms with Gasteiger partial charge in [0.15, 0.2) is 6.61 Å². The Labute approximate surface area is 137 Å². The lowest BCUT2D eigenvalue weighted by atomic mass is 10.3. The molecule has 7 heteroatoms. The fourth-order valence-electron chi connectivity index (χ4n) is 1.67. The second-order valence-corrected chi connectivity index (χ2v) is 4.96. The summed E-state index contributed by atoms with van der Waals surface area (Å²) in [4.78, 5) is 23.3. The highest BCUT2D eigenvalue weighted by molar-refractivity contribution is 6.31. The van der Waals surface area contributed by atoms with Gasteiger partial charge in [-0.2, -0.15) is 0 Å². The Bertz CT molecular complexity index is 695. The fraction of sp³-hybridized carbons (Fsp3) is 0.125. The minimum Gasteiger partial charge on any atom is -0.484 e.